The second-order valence-electron chi connectivity index (χ2n) is 5.90. The second kappa shape index (κ2) is 6.69. The van der Waals surface area contributed by atoms with Gasteiger partial charge >= 0.3 is 5.82 Å². The molecule has 1 heterocycles. The minimum absolute atomic E-state index is 0.0503. The van der Waals surface area contributed by atoms with Crippen LogP contribution in [0.2, 0.25) is 0 Å². The monoisotopic (exact) mass is 332 g/mol. The van der Waals surface area contributed by atoms with Gasteiger partial charge in [0.05, 0.1) is 12.6 Å². The molecule has 0 radical (unpaired) electrons. The molecule has 0 aliphatic heterocycles. The summed E-state index contributed by atoms with van der Waals surface area (Å²) in [5.41, 5.74) is 0.179. The molecule has 0 atom stereocenters. The quantitative estimate of drug-likeness (QED) is 0.645. The lowest BCUT2D eigenvalue weighted by molar-refractivity contribution is -0.389. The van der Waals surface area contributed by atoms with Crippen LogP contribution in [0.15, 0.2) is 30.5 Å². The van der Waals surface area contributed by atoms with E-state index in [-0.39, 0.29) is 18.3 Å². The van der Waals surface area contributed by atoms with Crippen LogP contribution in [-0.2, 0) is 16.9 Å². The molecule has 24 heavy (non-hydrogen) atoms. The molecule has 0 spiro atoms. The van der Waals surface area contributed by atoms with E-state index in [9.17, 15) is 14.9 Å². The number of amides is 1. The third kappa shape index (κ3) is 3.70. The van der Waals surface area contributed by atoms with E-state index in [1.807, 2.05) is 38.1 Å². The Kier molecular flexibility index (Phi) is 4.87. The molecule has 0 saturated carbocycles. The Balaban J connectivity index is 2.15. The first-order chi connectivity index (χ1) is 11.2. The number of imidazole rings is 1. The summed E-state index contributed by atoms with van der Waals surface area (Å²) in [6.07, 6.45) is 1.25. The van der Waals surface area contributed by atoms with Crippen LogP contribution >= 0.6 is 0 Å². The van der Waals surface area contributed by atoms with Gasteiger partial charge in [0.15, 0.2) is 0 Å². The highest BCUT2D eigenvalue weighted by atomic mass is 16.6. The number of aromatic nitrogens is 2. The van der Waals surface area contributed by atoms with Gasteiger partial charge in [0.1, 0.15) is 18.5 Å². The molecule has 0 aliphatic carbocycles. The van der Waals surface area contributed by atoms with Crippen molar-refractivity contribution in [3.05, 3.63) is 52.0 Å². The normalized spacial score (nSPS) is 11.2. The number of rotatable bonds is 6. The number of carbonyl (C=O) groups excluding carboxylic acids is 1. The third-order valence-electron chi connectivity index (χ3n) is 3.70. The fourth-order valence-electron chi connectivity index (χ4n) is 2.51. The van der Waals surface area contributed by atoms with Gasteiger partial charge in [-0.3, -0.25) is 9.36 Å². The molecule has 8 nitrogen and oxygen atoms in total. The number of aryl methyl sites for hydroxylation is 1. The standard InChI is InChI=1S/C16H20N4O4/c1-11-17-14(20(22)23)9-19(11)10-15(21)18-16(2,3)12-7-5-6-8-13(12)24-4/h5-9H,10H2,1-4H3,(H,18,21). The Morgan fingerprint density at radius 3 is 2.67 bits per heavy atom. The van der Waals surface area contributed by atoms with Gasteiger partial charge in [-0.2, -0.15) is 0 Å². The number of para-hydroxylation sites is 1. The first kappa shape index (κ1) is 17.5. The average molecular weight is 332 g/mol. The summed E-state index contributed by atoms with van der Waals surface area (Å²) in [5, 5.41) is 13.7. The first-order valence-corrected chi connectivity index (χ1v) is 7.37. The summed E-state index contributed by atoms with van der Waals surface area (Å²) < 4.78 is 6.79. The molecule has 1 aromatic carbocycles. The smallest absolute Gasteiger partial charge is 0.381 e. The number of methoxy groups -OCH3 is 1. The zero-order valence-corrected chi connectivity index (χ0v) is 14.1. The van der Waals surface area contributed by atoms with Gasteiger partial charge < -0.3 is 20.2 Å². The van der Waals surface area contributed by atoms with Crippen LogP contribution in [0, 0.1) is 17.0 Å². The zero-order valence-electron chi connectivity index (χ0n) is 14.1. The topological polar surface area (TPSA) is 99.3 Å². The highest BCUT2D eigenvalue weighted by molar-refractivity contribution is 5.77. The van der Waals surface area contributed by atoms with E-state index in [0.717, 1.165) is 5.56 Å². The molecule has 1 amide bonds. The van der Waals surface area contributed by atoms with Gasteiger partial charge in [0, 0.05) is 12.5 Å². The number of nitrogens with one attached hydrogen (secondary N) is 1. The van der Waals surface area contributed by atoms with E-state index < -0.39 is 10.5 Å². The number of hydrogen-bond acceptors (Lipinski definition) is 5. The fourth-order valence-corrected chi connectivity index (χ4v) is 2.51. The van der Waals surface area contributed by atoms with Crippen molar-refractivity contribution in [2.45, 2.75) is 32.9 Å². The fraction of sp³-hybridized carbons (Fsp3) is 0.375. The molecule has 128 valence electrons. The van der Waals surface area contributed by atoms with E-state index in [4.69, 9.17) is 4.74 Å². The van der Waals surface area contributed by atoms with Gasteiger partial charge in [-0.05, 0) is 29.8 Å². The summed E-state index contributed by atoms with van der Waals surface area (Å²) in [6, 6.07) is 7.43. The maximum Gasteiger partial charge on any atom is 0.381 e. The molecule has 2 rings (SSSR count). The Morgan fingerprint density at radius 1 is 1.42 bits per heavy atom. The lowest BCUT2D eigenvalue weighted by Crippen LogP contribution is -2.42. The van der Waals surface area contributed by atoms with Crippen LogP contribution < -0.4 is 10.1 Å². The highest BCUT2D eigenvalue weighted by Gasteiger charge is 2.27. The molecule has 2 aromatic rings. The van der Waals surface area contributed by atoms with Gasteiger partial charge in [-0.15, -0.1) is 0 Å². The van der Waals surface area contributed by atoms with Gasteiger partial charge in [0.25, 0.3) is 0 Å². The minimum Gasteiger partial charge on any atom is -0.496 e. The molecule has 1 N–H and O–H groups in total. The summed E-state index contributed by atoms with van der Waals surface area (Å²) >= 11 is 0. The molecule has 0 unspecified atom stereocenters. The second-order valence-corrected chi connectivity index (χ2v) is 5.90. The Hall–Kier alpha value is -2.90. The van der Waals surface area contributed by atoms with Crippen LogP contribution in [0.3, 0.4) is 0 Å². The number of benzene rings is 1. The lowest BCUT2D eigenvalue weighted by atomic mass is 9.93. The molecule has 0 fully saturated rings. The number of nitrogens with zero attached hydrogens (tertiary/aromatic N) is 3. The SMILES string of the molecule is COc1ccccc1C(C)(C)NC(=O)Cn1cc([N+](=O)[O-])nc1C. The lowest BCUT2D eigenvalue weighted by Gasteiger charge is -2.28. The average Bonchev–Trinajstić information content (AvgIpc) is 2.88. The van der Waals surface area contributed by atoms with Gasteiger partial charge in [-0.1, -0.05) is 18.2 Å². The van der Waals surface area contributed by atoms with E-state index >= 15 is 0 Å². The summed E-state index contributed by atoms with van der Waals surface area (Å²) in [6.45, 7) is 5.30. The maximum absolute atomic E-state index is 12.4. The largest absolute Gasteiger partial charge is 0.496 e. The maximum atomic E-state index is 12.4. The van der Waals surface area contributed by atoms with Crippen molar-refractivity contribution < 1.29 is 14.5 Å². The molecular formula is C16H20N4O4. The van der Waals surface area contributed by atoms with Crippen molar-refractivity contribution in [2.24, 2.45) is 0 Å². The highest BCUT2D eigenvalue weighted by Crippen LogP contribution is 2.29. The van der Waals surface area contributed by atoms with E-state index in [1.165, 1.54) is 10.8 Å². The molecule has 0 aliphatic rings. The number of hydrogen-bond donors (Lipinski definition) is 1. The van der Waals surface area contributed by atoms with Crippen molar-refractivity contribution in [3.8, 4) is 5.75 Å². The van der Waals surface area contributed by atoms with Crippen molar-refractivity contribution >= 4 is 11.7 Å². The number of ether oxygens (including phenoxy) is 1. The van der Waals surface area contributed by atoms with Gasteiger partial charge in [-0.25, -0.2) is 0 Å². The Bertz CT molecular complexity index is 767. The summed E-state index contributed by atoms with van der Waals surface area (Å²) in [7, 11) is 1.57. The van der Waals surface area contributed by atoms with Crippen LogP contribution in [0.4, 0.5) is 5.82 Å². The molecule has 1 aromatic heterocycles. The van der Waals surface area contributed by atoms with E-state index in [2.05, 4.69) is 10.3 Å². The molecule has 8 heteroatoms. The predicted octanol–water partition coefficient (Wildman–Crippen LogP) is 2.16. The predicted molar refractivity (Wildman–Crippen MR) is 87.8 cm³/mol. The van der Waals surface area contributed by atoms with Gasteiger partial charge in [0.2, 0.25) is 11.7 Å². The molecule has 0 saturated heterocycles. The molecular weight excluding hydrogens is 312 g/mol. The van der Waals surface area contributed by atoms with E-state index in [1.54, 1.807) is 14.0 Å². The Labute approximate surface area is 139 Å². The zero-order chi connectivity index (χ0) is 17.9. The third-order valence-corrected chi connectivity index (χ3v) is 3.70. The number of nitro groups is 1. The van der Waals surface area contributed by atoms with Crippen LogP contribution in [0.1, 0.15) is 25.2 Å². The minimum atomic E-state index is -0.663. The van der Waals surface area contributed by atoms with Crippen molar-refractivity contribution in [1.82, 2.24) is 14.9 Å². The number of carbonyl (C=O) groups is 1. The summed E-state index contributed by atoms with van der Waals surface area (Å²) in [4.78, 5) is 26.3. The molecule has 0 bridgehead atoms. The summed E-state index contributed by atoms with van der Waals surface area (Å²) in [5.74, 6) is 0.537. The van der Waals surface area contributed by atoms with Crippen molar-refractivity contribution in [2.75, 3.05) is 7.11 Å². The van der Waals surface area contributed by atoms with Crippen molar-refractivity contribution in [1.29, 1.82) is 0 Å². The van der Waals surface area contributed by atoms with Crippen LogP contribution in [0.25, 0.3) is 0 Å². The van der Waals surface area contributed by atoms with Crippen LogP contribution in [-0.4, -0.2) is 27.5 Å². The Morgan fingerprint density at radius 2 is 2.08 bits per heavy atom. The van der Waals surface area contributed by atoms with E-state index in [0.29, 0.717) is 11.6 Å². The van der Waals surface area contributed by atoms with Crippen LogP contribution in [0.5, 0.6) is 5.75 Å². The van der Waals surface area contributed by atoms with Crippen molar-refractivity contribution in [3.63, 3.8) is 0 Å². The first-order valence-electron chi connectivity index (χ1n) is 7.37.